The number of para-hydroxylation sites is 1. The largest absolute Gasteiger partial charge is 0.493 e. The number of ether oxygens (including phenoxy) is 2. The molecule has 4 rings (SSSR count). The highest BCUT2D eigenvalue weighted by Gasteiger charge is 2.16. The smallest absolute Gasteiger partial charge is 0.338 e. The zero-order valence-corrected chi connectivity index (χ0v) is 17.6. The molecule has 0 saturated heterocycles. The van der Waals surface area contributed by atoms with E-state index < -0.39 is 5.91 Å². The van der Waals surface area contributed by atoms with Crippen LogP contribution in [0.25, 0.3) is 21.2 Å². The van der Waals surface area contributed by atoms with Crippen molar-refractivity contribution in [3.63, 3.8) is 0 Å². The molecule has 7 nitrogen and oxygen atoms in total. The number of carbonyl (C=O) groups excluding carboxylic acids is 2. The molecule has 0 atom stereocenters. The third kappa shape index (κ3) is 3.50. The van der Waals surface area contributed by atoms with Gasteiger partial charge in [-0.25, -0.2) is 4.79 Å². The summed E-state index contributed by atoms with van der Waals surface area (Å²) in [4.78, 5) is 29.7. The van der Waals surface area contributed by atoms with Crippen molar-refractivity contribution in [3.05, 3.63) is 58.6 Å². The highest BCUT2D eigenvalue weighted by molar-refractivity contribution is 7.16. The molecule has 8 heteroatoms. The first kappa shape index (κ1) is 19.9. The summed E-state index contributed by atoms with van der Waals surface area (Å²) in [6.07, 6.45) is 0. The second-order valence-corrected chi connectivity index (χ2v) is 7.45. The number of methoxy groups -OCH3 is 1. The Balaban J connectivity index is 1.78. The number of carbonyl (C=O) groups is 2. The third-order valence-electron chi connectivity index (χ3n) is 4.65. The topological polar surface area (TPSA) is 83.0 Å². The Morgan fingerprint density at radius 3 is 2.73 bits per heavy atom. The van der Waals surface area contributed by atoms with Crippen LogP contribution in [0.4, 0.5) is 0 Å². The minimum Gasteiger partial charge on any atom is -0.493 e. The van der Waals surface area contributed by atoms with Crippen LogP contribution < -0.4 is 9.54 Å². The monoisotopic (exact) mass is 424 g/mol. The van der Waals surface area contributed by atoms with Gasteiger partial charge in [0.25, 0.3) is 0 Å². The maximum absolute atomic E-state index is 12.8. The molecule has 0 aliphatic heterocycles. The fraction of sp³-hybridized carbons (Fsp3) is 0.227. The molecule has 0 spiro atoms. The summed E-state index contributed by atoms with van der Waals surface area (Å²) in [6, 6.07) is 12.4. The Kier molecular flexibility index (Phi) is 5.41. The van der Waals surface area contributed by atoms with Gasteiger partial charge in [0.15, 0.2) is 21.9 Å². The second-order valence-electron chi connectivity index (χ2n) is 6.44. The molecule has 0 fully saturated rings. The summed E-state index contributed by atoms with van der Waals surface area (Å²) in [6.45, 7) is 4.68. The number of rotatable bonds is 5. The first-order valence-corrected chi connectivity index (χ1v) is 10.3. The van der Waals surface area contributed by atoms with Gasteiger partial charge < -0.3 is 18.5 Å². The number of aromatic nitrogens is 1. The number of benzene rings is 2. The van der Waals surface area contributed by atoms with Crippen molar-refractivity contribution in [1.82, 2.24) is 4.57 Å². The maximum Gasteiger partial charge on any atom is 0.338 e. The number of nitrogens with zero attached hydrogens (tertiary/aromatic N) is 2. The van der Waals surface area contributed by atoms with Crippen molar-refractivity contribution >= 4 is 44.4 Å². The summed E-state index contributed by atoms with van der Waals surface area (Å²) in [5.41, 5.74) is 1.88. The van der Waals surface area contributed by atoms with Gasteiger partial charge in [0.2, 0.25) is 0 Å². The average Bonchev–Trinajstić information content (AvgIpc) is 3.34. The molecule has 0 N–H and O–H groups in total. The van der Waals surface area contributed by atoms with E-state index in [2.05, 4.69) is 4.99 Å². The molecular weight excluding hydrogens is 404 g/mol. The van der Waals surface area contributed by atoms with E-state index in [-0.39, 0.29) is 11.7 Å². The number of hydrogen-bond acceptors (Lipinski definition) is 6. The van der Waals surface area contributed by atoms with E-state index in [0.717, 1.165) is 15.6 Å². The molecule has 1 amide bonds. The molecule has 2 heterocycles. The first-order chi connectivity index (χ1) is 14.5. The number of fused-ring (bicyclic) bond motifs is 2. The molecule has 0 saturated carbocycles. The van der Waals surface area contributed by atoms with E-state index in [9.17, 15) is 9.59 Å². The van der Waals surface area contributed by atoms with Crippen LogP contribution in [0.5, 0.6) is 5.75 Å². The van der Waals surface area contributed by atoms with Gasteiger partial charge in [-0.15, -0.1) is 0 Å². The second kappa shape index (κ2) is 8.16. The summed E-state index contributed by atoms with van der Waals surface area (Å²) in [5, 5.41) is 0.770. The molecule has 30 heavy (non-hydrogen) atoms. The molecule has 4 aromatic rings. The van der Waals surface area contributed by atoms with E-state index in [1.165, 1.54) is 11.3 Å². The normalized spacial score (nSPS) is 11.9. The molecule has 0 bridgehead atoms. The van der Waals surface area contributed by atoms with Crippen molar-refractivity contribution in [2.45, 2.75) is 20.4 Å². The van der Waals surface area contributed by atoms with Crippen LogP contribution in [0.1, 0.15) is 34.8 Å². The first-order valence-electron chi connectivity index (χ1n) is 9.51. The molecule has 0 aliphatic carbocycles. The highest BCUT2D eigenvalue weighted by atomic mass is 32.1. The van der Waals surface area contributed by atoms with Gasteiger partial charge in [0, 0.05) is 11.9 Å². The standard InChI is InChI=1S/C22H20N2O5S/c1-4-24-15-10-9-14(21(26)28-5-2)12-18(15)30-22(24)23-20(25)17-11-13-7-6-8-16(27-3)19(13)29-17/h6-12H,4-5H2,1-3H3. The Bertz CT molecular complexity index is 1330. The van der Waals surface area contributed by atoms with E-state index in [1.807, 2.05) is 29.7 Å². The van der Waals surface area contributed by atoms with Gasteiger partial charge in [-0.2, -0.15) is 4.99 Å². The lowest BCUT2D eigenvalue weighted by Crippen LogP contribution is -2.15. The number of aryl methyl sites for hydroxylation is 1. The van der Waals surface area contributed by atoms with Crippen LogP contribution in [0.2, 0.25) is 0 Å². The Morgan fingerprint density at radius 1 is 1.17 bits per heavy atom. The molecule has 0 aliphatic rings. The van der Waals surface area contributed by atoms with Gasteiger partial charge in [-0.05, 0) is 44.2 Å². The number of furan rings is 1. The highest BCUT2D eigenvalue weighted by Crippen LogP contribution is 2.28. The van der Waals surface area contributed by atoms with Gasteiger partial charge in [-0.1, -0.05) is 23.5 Å². The zero-order chi connectivity index (χ0) is 21.3. The molecule has 0 radical (unpaired) electrons. The van der Waals surface area contributed by atoms with Gasteiger partial charge in [-0.3, -0.25) is 4.79 Å². The summed E-state index contributed by atoms with van der Waals surface area (Å²) in [7, 11) is 1.55. The lowest BCUT2D eigenvalue weighted by atomic mass is 10.2. The van der Waals surface area contributed by atoms with Crippen LogP contribution in [0, 0.1) is 0 Å². The fourth-order valence-corrected chi connectivity index (χ4v) is 4.38. The molecular formula is C22H20N2O5S. The Morgan fingerprint density at radius 2 is 2.00 bits per heavy atom. The van der Waals surface area contributed by atoms with Crippen molar-refractivity contribution in [2.24, 2.45) is 4.99 Å². The minimum atomic E-state index is -0.479. The van der Waals surface area contributed by atoms with Crippen molar-refractivity contribution in [3.8, 4) is 5.75 Å². The Hall–Kier alpha value is -3.39. The molecule has 2 aromatic heterocycles. The van der Waals surface area contributed by atoms with Gasteiger partial charge >= 0.3 is 11.9 Å². The predicted molar refractivity (Wildman–Crippen MR) is 114 cm³/mol. The van der Waals surface area contributed by atoms with Crippen LogP contribution in [0.3, 0.4) is 0 Å². The van der Waals surface area contributed by atoms with Crippen LogP contribution in [0.15, 0.2) is 51.9 Å². The molecule has 154 valence electrons. The lowest BCUT2D eigenvalue weighted by molar-refractivity contribution is 0.0526. The molecule has 2 aromatic carbocycles. The van der Waals surface area contributed by atoms with Crippen molar-refractivity contribution in [2.75, 3.05) is 13.7 Å². The van der Waals surface area contributed by atoms with Crippen LogP contribution in [-0.4, -0.2) is 30.2 Å². The van der Waals surface area contributed by atoms with Crippen molar-refractivity contribution in [1.29, 1.82) is 0 Å². The van der Waals surface area contributed by atoms with Gasteiger partial charge in [0.1, 0.15) is 0 Å². The van der Waals surface area contributed by atoms with E-state index in [4.69, 9.17) is 13.9 Å². The van der Waals surface area contributed by atoms with Gasteiger partial charge in [0.05, 0.1) is 29.5 Å². The summed E-state index contributed by atoms with van der Waals surface area (Å²) >= 11 is 1.34. The SMILES string of the molecule is CCOC(=O)c1ccc2c(c1)sc(=NC(=O)c1cc3cccc(OC)c3o1)n2CC. The number of thiazole rings is 1. The number of esters is 1. The zero-order valence-electron chi connectivity index (χ0n) is 16.8. The van der Waals surface area contributed by atoms with E-state index >= 15 is 0 Å². The quantitative estimate of drug-likeness (QED) is 0.444. The number of amides is 1. The fourth-order valence-electron chi connectivity index (χ4n) is 3.25. The minimum absolute atomic E-state index is 0.141. The summed E-state index contributed by atoms with van der Waals surface area (Å²) < 4.78 is 18.8. The van der Waals surface area contributed by atoms with E-state index in [1.54, 1.807) is 38.3 Å². The lowest BCUT2D eigenvalue weighted by Gasteiger charge is -2.03. The summed E-state index contributed by atoms with van der Waals surface area (Å²) in [5.74, 6) is -0.153. The maximum atomic E-state index is 12.8. The molecule has 0 unspecified atom stereocenters. The van der Waals surface area contributed by atoms with Crippen molar-refractivity contribution < 1.29 is 23.5 Å². The number of hydrogen-bond donors (Lipinski definition) is 0. The predicted octanol–water partition coefficient (Wildman–Crippen LogP) is 4.40. The van der Waals surface area contributed by atoms with Crippen LogP contribution >= 0.6 is 11.3 Å². The van der Waals surface area contributed by atoms with E-state index in [0.29, 0.717) is 34.8 Å². The van der Waals surface area contributed by atoms with Crippen LogP contribution in [-0.2, 0) is 11.3 Å². The third-order valence-corrected chi connectivity index (χ3v) is 5.69. The average molecular weight is 424 g/mol. The Labute approximate surface area is 176 Å².